The van der Waals surface area contributed by atoms with E-state index >= 15 is 0 Å². The van der Waals surface area contributed by atoms with Gasteiger partial charge in [0.15, 0.2) is 0 Å². The van der Waals surface area contributed by atoms with Gasteiger partial charge in [-0.25, -0.2) is 8.42 Å². The monoisotopic (exact) mass is 424 g/mol. The van der Waals surface area contributed by atoms with Crippen molar-refractivity contribution in [2.75, 3.05) is 0 Å². The summed E-state index contributed by atoms with van der Waals surface area (Å²) in [6, 6.07) is 9.17. The van der Waals surface area contributed by atoms with Gasteiger partial charge in [0.25, 0.3) is 0 Å². The predicted octanol–water partition coefficient (Wildman–Crippen LogP) is 0.995. The predicted molar refractivity (Wildman–Crippen MR) is 80.1 cm³/mol. The molecule has 0 radical (unpaired) electrons. The summed E-state index contributed by atoms with van der Waals surface area (Å²) in [7, 11) is -4.51. The van der Waals surface area contributed by atoms with Crippen molar-refractivity contribution < 1.29 is 81.9 Å². The summed E-state index contributed by atoms with van der Waals surface area (Å²) in [4.78, 5) is -0.0469. The Hall–Kier alpha value is 0.662. The summed E-state index contributed by atoms with van der Waals surface area (Å²) in [6.07, 6.45) is 0. The zero-order valence-electron chi connectivity index (χ0n) is 13.2. The van der Waals surface area contributed by atoms with Crippen molar-refractivity contribution in [3.8, 4) is 0 Å². The maximum absolute atomic E-state index is 11.8. The van der Waals surface area contributed by atoms with Crippen LogP contribution in [0.15, 0.2) is 35.2 Å². The Morgan fingerprint density at radius 3 is 2.05 bits per heavy atom. The van der Waals surface area contributed by atoms with Gasteiger partial charge in [0, 0.05) is 0 Å². The first-order valence-electron chi connectivity index (χ1n) is 6.75. The second kappa shape index (κ2) is 7.49. The van der Waals surface area contributed by atoms with E-state index in [1.807, 2.05) is 45.9 Å². The summed E-state index contributed by atoms with van der Waals surface area (Å²) >= 11 is 0. The first-order chi connectivity index (χ1) is 9.23. The van der Waals surface area contributed by atoms with E-state index in [1.165, 1.54) is 0 Å². The third-order valence-corrected chi connectivity index (χ3v) is 4.46. The molecule has 0 N–H and O–H groups in total. The molecule has 0 unspecified atom stereocenters. The van der Waals surface area contributed by atoms with Gasteiger partial charge in [-0.1, -0.05) is 58.0 Å². The zero-order valence-corrected chi connectivity index (χ0v) is 20.3. The van der Waals surface area contributed by atoms with Crippen LogP contribution in [0.4, 0.5) is 0 Å². The van der Waals surface area contributed by atoms with Crippen LogP contribution in [0.3, 0.4) is 0 Å². The van der Waals surface area contributed by atoms with Crippen molar-refractivity contribution in [3.63, 3.8) is 0 Å². The molecule has 0 saturated heterocycles. The Balaban J connectivity index is 0.00000220. The summed E-state index contributed by atoms with van der Waals surface area (Å²) in [5.74, 6) is 0.147. The van der Waals surface area contributed by atoms with E-state index in [0.29, 0.717) is 10.9 Å². The van der Waals surface area contributed by atoms with Gasteiger partial charge in [-0.2, -0.15) is 0 Å². The van der Waals surface area contributed by atoms with Crippen LogP contribution in [0.2, 0.25) is 0 Å². The van der Waals surface area contributed by atoms with E-state index in [2.05, 4.69) is 0 Å². The van der Waals surface area contributed by atoms with E-state index in [0.717, 1.165) is 10.9 Å². The molecule has 0 heterocycles. The van der Waals surface area contributed by atoms with Gasteiger partial charge in [0.1, 0.15) is 10.1 Å². The van der Waals surface area contributed by atoms with Gasteiger partial charge in [0.2, 0.25) is 0 Å². The largest absolute Gasteiger partial charge is 1.00 e. The first-order valence-corrected chi connectivity index (χ1v) is 8.15. The molecule has 5 heteroatoms. The summed E-state index contributed by atoms with van der Waals surface area (Å²) < 4.78 is 35.4. The summed E-state index contributed by atoms with van der Waals surface area (Å²) in [6.45, 7) is 7.86. The van der Waals surface area contributed by atoms with Gasteiger partial charge in [-0.15, -0.1) is 0 Å². The van der Waals surface area contributed by atoms with Crippen molar-refractivity contribution in [1.82, 2.24) is 0 Å². The molecular weight excluding hydrogens is 405 g/mol. The molecule has 2 aromatic rings. The van der Waals surface area contributed by atoms with Gasteiger partial charge in [-0.3, -0.25) is 0 Å². The first kappa shape index (κ1) is 19.7. The van der Waals surface area contributed by atoms with Crippen LogP contribution in [0.5, 0.6) is 0 Å². The SMILES string of the molecule is CC(C)c1cc2ccccc2c(S(=O)(=O)[O-])c1C(C)C.[Cs+]. The molecule has 3 nitrogen and oxygen atoms in total. The molecule has 0 aliphatic carbocycles. The van der Waals surface area contributed by atoms with Crippen molar-refractivity contribution in [3.05, 3.63) is 41.5 Å². The Labute approximate surface area is 185 Å². The van der Waals surface area contributed by atoms with Crippen LogP contribution in [0.1, 0.15) is 50.7 Å². The molecule has 2 rings (SSSR count). The molecular formula is C16H19CsO3S. The Bertz CT molecular complexity index is 749. The fraction of sp³-hybridized carbons (Fsp3) is 0.375. The second-order valence-corrected chi connectivity index (χ2v) is 7.01. The molecule has 21 heavy (non-hydrogen) atoms. The van der Waals surface area contributed by atoms with Crippen LogP contribution >= 0.6 is 0 Å². The minimum absolute atomic E-state index is 0. The van der Waals surface area contributed by atoms with Crippen LogP contribution in [0.25, 0.3) is 10.8 Å². The third-order valence-electron chi connectivity index (χ3n) is 3.52. The van der Waals surface area contributed by atoms with Crippen LogP contribution in [0, 0.1) is 0 Å². The smallest absolute Gasteiger partial charge is 0.744 e. The number of rotatable bonds is 3. The van der Waals surface area contributed by atoms with E-state index < -0.39 is 10.1 Å². The average molecular weight is 424 g/mol. The molecule has 0 aliphatic rings. The van der Waals surface area contributed by atoms with Crippen LogP contribution in [-0.4, -0.2) is 13.0 Å². The maximum atomic E-state index is 11.8. The topological polar surface area (TPSA) is 57.2 Å². The molecule has 0 bridgehead atoms. The number of hydrogen-bond acceptors (Lipinski definition) is 3. The fourth-order valence-corrected chi connectivity index (χ4v) is 3.77. The Morgan fingerprint density at radius 1 is 1.00 bits per heavy atom. The summed E-state index contributed by atoms with van der Waals surface area (Å²) in [5, 5.41) is 1.32. The quantitative estimate of drug-likeness (QED) is 0.691. The van der Waals surface area contributed by atoms with Gasteiger partial charge >= 0.3 is 68.9 Å². The van der Waals surface area contributed by atoms with E-state index in [9.17, 15) is 13.0 Å². The van der Waals surface area contributed by atoms with E-state index in [1.54, 1.807) is 12.1 Å². The summed E-state index contributed by atoms with van der Waals surface area (Å²) in [5.41, 5.74) is 1.60. The zero-order chi connectivity index (χ0) is 15.1. The van der Waals surface area contributed by atoms with Gasteiger partial charge in [0.05, 0.1) is 4.90 Å². The Morgan fingerprint density at radius 2 is 1.57 bits per heavy atom. The van der Waals surface area contributed by atoms with Gasteiger partial charge in [-0.05, 0) is 33.7 Å². The van der Waals surface area contributed by atoms with E-state index in [-0.39, 0.29) is 85.6 Å². The fourth-order valence-electron chi connectivity index (χ4n) is 2.69. The van der Waals surface area contributed by atoms with Crippen molar-refractivity contribution in [2.24, 2.45) is 0 Å². The van der Waals surface area contributed by atoms with Crippen molar-refractivity contribution >= 4 is 20.9 Å². The molecule has 108 valence electrons. The molecule has 0 atom stereocenters. The van der Waals surface area contributed by atoms with E-state index in [4.69, 9.17) is 0 Å². The van der Waals surface area contributed by atoms with Crippen molar-refractivity contribution in [1.29, 1.82) is 0 Å². The third kappa shape index (κ3) is 4.15. The van der Waals surface area contributed by atoms with Crippen molar-refractivity contribution in [2.45, 2.75) is 44.4 Å². The molecule has 0 aromatic heterocycles. The number of fused-ring (bicyclic) bond motifs is 1. The maximum Gasteiger partial charge on any atom is 1.00 e. The van der Waals surface area contributed by atoms with Crippen LogP contribution in [-0.2, 0) is 10.1 Å². The molecule has 2 aromatic carbocycles. The number of hydrogen-bond donors (Lipinski definition) is 0. The molecule has 0 aliphatic heterocycles. The molecule has 0 saturated carbocycles. The molecule has 0 amide bonds. The minimum Gasteiger partial charge on any atom is -0.744 e. The van der Waals surface area contributed by atoms with Crippen LogP contribution < -0.4 is 68.9 Å². The number of benzene rings is 2. The molecule has 0 spiro atoms. The second-order valence-electron chi connectivity index (χ2n) is 5.69. The van der Waals surface area contributed by atoms with Gasteiger partial charge < -0.3 is 4.55 Å². The minimum atomic E-state index is -4.51. The molecule has 0 fully saturated rings. The average Bonchev–Trinajstić information content (AvgIpc) is 2.34. The normalized spacial score (nSPS) is 12.0. The Kier molecular flexibility index (Phi) is 7.03. The standard InChI is InChI=1S/C16H20O3S.Cs/c1-10(2)14-9-12-7-5-6-8-13(12)16(20(17,18)19)15(14)11(3)4;/h5-11H,1-4H3,(H,17,18,19);/q;+1/p-1.